The summed E-state index contributed by atoms with van der Waals surface area (Å²) in [5.74, 6) is 0. The summed E-state index contributed by atoms with van der Waals surface area (Å²) in [6, 6.07) is 0. The number of fused-ring (bicyclic) bond motifs is 1. The summed E-state index contributed by atoms with van der Waals surface area (Å²) in [6.45, 7) is 9.40. The van der Waals surface area contributed by atoms with Crippen molar-refractivity contribution < 1.29 is 0 Å². The van der Waals surface area contributed by atoms with Gasteiger partial charge < -0.3 is 0 Å². The minimum atomic E-state index is -2.25. The molecule has 0 aliphatic carbocycles. The molecule has 2 nitrogen and oxygen atoms in total. The Labute approximate surface area is 144 Å². The van der Waals surface area contributed by atoms with Gasteiger partial charge in [0.2, 0.25) is 0 Å². The van der Waals surface area contributed by atoms with Gasteiger partial charge in [0.05, 0.1) is 0 Å². The zero-order valence-corrected chi connectivity index (χ0v) is 18.5. The van der Waals surface area contributed by atoms with Gasteiger partial charge in [-0.3, -0.25) is 0 Å². The van der Waals surface area contributed by atoms with Crippen LogP contribution in [0.15, 0.2) is 12.5 Å². The molecule has 2 heterocycles. The summed E-state index contributed by atoms with van der Waals surface area (Å²) in [7, 11) is 0. The monoisotopic (exact) mass is 428 g/mol. The molecule has 0 saturated carbocycles. The SMILES string of the molecule is CCC[CH2][Sn]([CH2]CCC)([CH2]CCC)[c]1sc2cncn2c1C. The Morgan fingerprint density at radius 1 is 1.00 bits per heavy atom. The van der Waals surface area contributed by atoms with E-state index >= 15 is 0 Å². The van der Waals surface area contributed by atoms with Gasteiger partial charge in [-0.25, -0.2) is 0 Å². The fourth-order valence-electron chi connectivity index (χ4n) is 3.65. The van der Waals surface area contributed by atoms with E-state index in [0.29, 0.717) is 0 Å². The van der Waals surface area contributed by atoms with Gasteiger partial charge in [0.15, 0.2) is 0 Å². The average molecular weight is 427 g/mol. The van der Waals surface area contributed by atoms with Gasteiger partial charge in [-0.05, 0) is 0 Å². The fourth-order valence-corrected chi connectivity index (χ4v) is 25.0. The number of aryl methyl sites for hydroxylation is 1. The van der Waals surface area contributed by atoms with Crippen LogP contribution in [0, 0.1) is 6.92 Å². The number of thiazole rings is 1. The van der Waals surface area contributed by atoms with Crippen LogP contribution in [-0.4, -0.2) is 27.8 Å². The molecule has 0 saturated heterocycles. The van der Waals surface area contributed by atoms with Crippen LogP contribution in [0.5, 0.6) is 0 Å². The van der Waals surface area contributed by atoms with Crippen molar-refractivity contribution in [3.05, 3.63) is 18.2 Å². The van der Waals surface area contributed by atoms with Gasteiger partial charge in [-0.1, -0.05) is 0 Å². The van der Waals surface area contributed by atoms with Crippen molar-refractivity contribution in [3.8, 4) is 0 Å². The third-order valence-corrected chi connectivity index (χ3v) is 24.8. The van der Waals surface area contributed by atoms with Crippen molar-refractivity contribution >= 4 is 37.4 Å². The maximum absolute atomic E-state index is 4.33. The topological polar surface area (TPSA) is 17.3 Å². The predicted molar refractivity (Wildman–Crippen MR) is 102 cm³/mol. The zero-order chi connectivity index (χ0) is 16.0. The van der Waals surface area contributed by atoms with Crippen molar-refractivity contribution in [2.75, 3.05) is 0 Å². The summed E-state index contributed by atoms with van der Waals surface area (Å²) in [6.07, 6.45) is 12.4. The van der Waals surface area contributed by atoms with E-state index in [0.717, 1.165) is 0 Å². The first kappa shape index (κ1) is 18.3. The van der Waals surface area contributed by atoms with Crippen molar-refractivity contribution in [1.82, 2.24) is 9.38 Å². The summed E-state index contributed by atoms with van der Waals surface area (Å²) in [5.41, 5.74) is 1.52. The molecule has 4 heteroatoms. The first-order valence-corrected chi connectivity index (χ1v) is 17.4. The Morgan fingerprint density at radius 2 is 1.55 bits per heavy atom. The van der Waals surface area contributed by atoms with Crippen LogP contribution in [0.3, 0.4) is 0 Å². The molecule has 2 aromatic heterocycles. The zero-order valence-electron chi connectivity index (χ0n) is 14.8. The maximum atomic E-state index is 4.33. The van der Waals surface area contributed by atoms with Crippen LogP contribution in [0.25, 0.3) is 4.83 Å². The van der Waals surface area contributed by atoms with Crippen LogP contribution >= 0.6 is 11.3 Å². The van der Waals surface area contributed by atoms with Gasteiger partial charge in [-0.2, -0.15) is 0 Å². The molecule has 0 amide bonds. The molecular formula is C18H32N2SSn. The van der Waals surface area contributed by atoms with Crippen LogP contribution < -0.4 is 2.89 Å². The van der Waals surface area contributed by atoms with Gasteiger partial charge in [-0.15, -0.1) is 0 Å². The Hall–Kier alpha value is -0.0313. The molecule has 0 aliphatic heterocycles. The van der Waals surface area contributed by atoms with Gasteiger partial charge in [0.1, 0.15) is 0 Å². The molecule has 0 N–H and O–H groups in total. The predicted octanol–water partition coefficient (Wildman–Crippen LogP) is 5.76. The molecule has 0 unspecified atom stereocenters. The second-order valence-electron chi connectivity index (χ2n) is 6.71. The van der Waals surface area contributed by atoms with E-state index in [-0.39, 0.29) is 0 Å². The molecular weight excluding hydrogens is 395 g/mol. The summed E-state index contributed by atoms with van der Waals surface area (Å²) >= 11 is -0.172. The van der Waals surface area contributed by atoms with E-state index in [2.05, 4.69) is 54.6 Å². The molecule has 0 bridgehead atoms. The Morgan fingerprint density at radius 3 is 2.00 bits per heavy atom. The van der Waals surface area contributed by atoms with Gasteiger partial charge in [0, 0.05) is 0 Å². The molecule has 0 atom stereocenters. The third kappa shape index (κ3) is 3.89. The molecule has 0 spiro atoms. The second-order valence-corrected chi connectivity index (χ2v) is 21.8. The Bertz CT molecular complexity index is 551. The van der Waals surface area contributed by atoms with E-state index in [1.807, 2.05) is 9.22 Å². The number of nitrogens with zero attached hydrogens (tertiary/aromatic N) is 2. The molecule has 2 rings (SSSR count). The van der Waals surface area contributed by atoms with E-state index in [9.17, 15) is 0 Å². The molecule has 0 aliphatic rings. The third-order valence-electron chi connectivity index (χ3n) is 5.01. The second kappa shape index (κ2) is 8.72. The first-order valence-electron chi connectivity index (χ1n) is 9.10. The molecule has 22 heavy (non-hydrogen) atoms. The standard InChI is InChI=1S/C6H5N2S.3C4H9.Sn/c1-5-3-9-6-2-7-4-8(5)6;3*1-3-4-2;/h2,4H,1H3;3*1,3-4H2,2H3;. The van der Waals surface area contributed by atoms with E-state index < -0.39 is 18.4 Å². The number of unbranched alkanes of at least 4 members (excludes halogenated alkanes) is 3. The van der Waals surface area contributed by atoms with E-state index in [4.69, 9.17) is 0 Å². The number of rotatable bonds is 10. The van der Waals surface area contributed by atoms with Crippen LogP contribution in [0.4, 0.5) is 0 Å². The molecule has 124 valence electrons. The fraction of sp³-hybridized carbons (Fsp3) is 0.722. The van der Waals surface area contributed by atoms with Crippen molar-refractivity contribution in [2.45, 2.75) is 79.5 Å². The average Bonchev–Trinajstić information content (AvgIpc) is 3.11. The summed E-state index contributed by atoms with van der Waals surface area (Å²) in [5, 5.41) is 0. The van der Waals surface area contributed by atoms with E-state index in [1.54, 1.807) is 13.3 Å². The minimum absolute atomic E-state index is 1.35. The summed E-state index contributed by atoms with van der Waals surface area (Å²) < 4.78 is 8.87. The molecule has 2 aromatic rings. The molecule has 0 fully saturated rings. The quantitative estimate of drug-likeness (QED) is 0.441. The number of hydrogen-bond donors (Lipinski definition) is 0. The van der Waals surface area contributed by atoms with Crippen molar-refractivity contribution in [3.63, 3.8) is 0 Å². The van der Waals surface area contributed by atoms with Crippen LogP contribution in [-0.2, 0) is 0 Å². The van der Waals surface area contributed by atoms with Gasteiger partial charge >= 0.3 is 145 Å². The van der Waals surface area contributed by atoms with Crippen molar-refractivity contribution in [1.29, 1.82) is 0 Å². The number of imidazole rings is 1. The van der Waals surface area contributed by atoms with Crippen molar-refractivity contribution in [2.24, 2.45) is 0 Å². The number of aromatic nitrogens is 2. The summed E-state index contributed by atoms with van der Waals surface area (Å²) in [4.78, 5) is 5.69. The molecule has 0 radical (unpaired) electrons. The van der Waals surface area contributed by atoms with Crippen LogP contribution in [0.1, 0.15) is 65.0 Å². The first-order chi connectivity index (χ1) is 10.7. The van der Waals surface area contributed by atoms with Crippen LogP contribution in [0.2, 0.25) is 13.3 Å². The van der Waals surface area contributed by atoms with E-state index in [1.165, 1.54) is 49.0 Å². The molecule has 0 aromatic carbocycles. The number of hydrogen-bond acceptors (Lipinski definition) is 2. The normalized spacial score (nSPS) is 12.4. The Balaban J connectivity index is 2.42. The Kier molecular flexibility index (Phi) is 7.26. The van der Waals surface area contributed by atoms with Gasteiger partial charge in [0.25, 0.3) is 0 Å².